The van der Waals surface area contributed by atoms with Gasteiger partial charge in [0.15, 0.2) is 0 Å². The number of rotatable bonds is 6. The number of hydrazine groups is 1. The van der Waals surface area contributed by atoms with Crippen molar-refractivity contribution in [3.8, 4) is 0 Å². The summed E-state index contributed by atoms with van der Waals surface area (Å²) in [6.45, 7) is 5.48. The maximum Gasteiger partial charge on any atom is 0.292 e. The molecule has 0 unspecified atom stereocenters. The number of nitrogens with one attached hydrogen (secondary N) is 3. The lowest BCUT2D eigenvalue weighted by molar-refractivity contribution is -0.120. The Bertz CT molecular complexity index is 971. The van der Waals surface area contributed by atoms with Gasteiger partial charge in [0.2, 0.25) is 5.84 Å². The number of amidine groups is 1. The summed E-state index contributed by atoms with van der Waals surface area (Å²) in [5, 5.41) is 6.65. The molecule has 1 aliphatic rings. The predicted octanol–water partition coefficient (Wildman–Crippen LogP) is 1.88. The van der Waals surface area contributed by atoms with Crippen LogP contribution in [0.15, 0.2) is 72.2 Å². The molecule has 0 fully saturated rings. The molecule has 8 heteroatoms. The summed E-state index contributed by atoms with van der Waals surface area (Å²) in [6.07, 6.45) is 1.57. The molecule has 1 aliphatic heterocycles. The molecule has 1 heterocycles. The fraction of sp³-hybridized carbons (Fsp3) is 0.143. The summed E-state index contributed by atoms with van der Waals surface area (Å²) >= 11 is 0. The minimum Gasteiger partial charge on any atom is -0.349 e. The molecule has 3 amide bonds. The number of carbonyl (C=O) groups excluding carboxylic acids is 3. The van der Waals surface area contributed by atoms with Crippen molar-refractivity contribution in [1.82, 2.24) is 10.7 Å². The van der Waals surface area contributed by atoms with E-state index in [1.807, 2.05) is 6.07 Å². The highest BCUT2D eigenvalue weighted by Gasteiger charge is 2.31. The third-order valence-electron chi connectivity index (χ3n) is 4.17. The van der Waals surface area contributed by atoms with Crippen LogP contribution >= 0.6 is 0 Å². The van der Waals surface area contributed by atoms with Crippen LogP contribution in [0.5, 0.6) is 0 Å². The van der Waals surface area contributed by atoms with Gasteiger partial charge in [-0.15, -0.1) is 6.58 Å². The number of para-hydroxylation sites is 2. The Balaban J connectivity index is 1.81. The lowest BCUT2D eigenvalue weighted by Gasteiger charge is -2.30. The molecule has 3 rings (SSSR count). The van der Waals surface area contributed by atoms with Crippen LogP contribution in [0.3, 0.4) is 0 Å². The van der Waals surface area contributed by atoms with Gasteiger partial charge in [0.25, 0.3) is 17.7 Å². The molecule has 8 nitrogen and oxygen atoms in total. The minimum absolute atomic E-state index is 0.0257. The van der Waals surface area contributed by atoms with E-state index >= 15 is 0 Å². The van der Waals surface area contributed by atoms with Gasteiger partial charge in [0, 0.05) is 6.54 Å². The molecule has 1 atom stereocenters. The highest BCUT2D eigenvalue weighted by atomic mass is 16.2. The summed E-state index contributed by atoms with van der Waals surface area (Å²) in [7, 11) is 0. The first-order chi connectivity index (χ1) is 14.0. The molecule has 0 bridgehead atoms. The van der Waals surface area contributed by atoms with E-state index in [1.165, 1.54) is 5.01 Å². The molecule has 2 aromatic rings. The third-order valence-corrected chi connectivity index (χ3v) is 4.17. The van der Waals surface area contributed by atoms with Crippen molar-refractivity contribution in [3.05, 3.63) is 72.8 Å². The maximum atomic E-state index is 12.8. The van der Waals surface area contributed by atoms with Crippen LogP contribution in [-0.4, -0.2) is 36.1 Å². The van der Waals surface area contributed by atoms with Gasteiger partial charge in [-0.3, -0.25) is 19.8 Å². The van der Waals surface area contributed by atoms with Gasteiger partial charge < -0.3 is 10.6 Å². The Hall–Kier alpha value is -3.94. The molecule has 0 aromatic heterocycles. The van der Waals surface area contributed by atoms with Crippen molar-refractivity contribution in [3.63, 3.8) is 0 Å². The topological polar surface area (TPSA) is 103 Å². The zero-order valence-electron chi connectivity index (χ0n) is 15.9. The molecule has 0 spiro atoms. The fourth-order valence-corrected chi connectivity index (χ4v) is 2.74. The molecule has 0 radical (unpaired) electrons. The average Bonchev–Trinajstić information content (AvgIpc) is 2.74. The second kappa shape index (κ2) is 8.83. The Morgan fingerprint density at radius 2 is 1.83 bits per heavy atom. The zero-order chi connectivity index (χ0) is 20.8. The van der Waals surface area contributed by atoms with Crippen molar-refractivity contribution in [1.29, 1.82) is 0 Å². The molecule has 0 saturated carbocycles. The summed E-state index contributed by atoms with van der Waals surface area (Å²) in [4.78, 5) is 41.7. The number of amides is 3. The van der Waals surface area contributed by atoms with Crippen molar-refractivity contribution >= 4 is 34.9 Å². The van der Waals surface area contributed by atoms with Gasteiger partial charge in [-0.25, -0.2) is 10.0 Å². The predicted molar refractivity (Wildman–Crippen MR) is 112 cm³/mol. The van der Waals surface area contributed by atoms with Gasteiger partial charge >= 0.3 is 0 Å². The standard InChI is InChI=1S/C21H21N5O3/c1-3-13-22-19(27)16-11-7-8-12-17(16)24-20(28)18-23-14(2)21(29)26(25-18)15-9-5-4-6-10-15/h3-12,14H,1,13H2,2H3,(H,22,27)(H,23,25)(H,24,28)/t14-/m0/s1. The Morgan fingerprint density at radius 1 is 1.14 bits per heavy atom. The van der Waals surface area contributed by atoms with E-state index in [2.05, 4.69) is 27.6 Å². The third kappa shape index (κ3) is 4.49. The van der Waals surface area contributed by atoms with E-state index in [0.29, 0.717) is 23.5 Å². The van der Waals surface area contributed by atoms with Gasteiger partial charge in [-0.2, -0.15) is 0 Å². The Morgan fingerprint density at radius 3 is 2.55 bits per heavy atom. The highest BCUT2D eigenvalue weighted by molar-refractivity contribution is 6.43. The van der Waals surface area contributed by atoms with Crippen molar-refractivity contribution in [2.75, 3.05) is 16.9 Å². The van der Waals surface area contributed by atoms with Crippen molar-refractivity contribution < 1.29 is 14.4 Å². The van der Waals surface area contributed by atoms with E-state index < -0.39 is 11.9 Å². The lowest BCUT2D eigenvalue weighted by Crippen LogP contribution is -2.57. The van der Waals surface area contributed by atoms with Crippen LogP contribution in [0, 0.1) is 0 Å². The number of benzene rings is 2. The van der Waals surface area contributed by atoms with Gasteiger partial charge in [0.05, 0.1) is 16.9 Å². The first-order valence-corrected chi connectivity index (χ1v) is 9.04. The SMILES string of the molecule is C=CCNC(=O)c1ccccc1NC(=O)C1=N[C@@H](C)C(=O)N(c2ccccc2)N1. The van der Waals surface area contributed by atoms with E-state index in [1.54, 1.807) is 61.5 Å². The van der Waals surface area contributed by atoms with Gasteiger partial charge in [-0.1, -0.05) is 36.4 Å². The van der Waals surface area contributed by atoms with E-state index in [4.69, 9.17) is 0 Å². The Labute approximate surface area is 168 Å². The number of hydrogen-bond donors (Lipinski definition) is 3. The molecule has 29 heavy (non-hydrogen) atoms. The van der Waals surface area contributed by atoms with Crippen molar-refractivity contribution in [2.24, 2.45) is 4.99 Å². The second-order valence-corrected chi connectivity index (χ2v) is 6.27. The lowest BCUT2D eigenvalue weighted by atomic mass is 10.1. The largest absolute Gasteiger partial charge is 0.349 e. The van der Waals surface area contributed by atoms with E-state index in [-0.39, 0.29) is 17.6 Å². The molecule has 2 aromatic carbocycles. The van der Waals surface area contributed by atoms with Crippen LogP contribution in [0.25, 0.3) is 0 Å². The Kier molecular flexibility index (Phi) is 6.03. The summed E-state index contributed by atoms with van der Waals surface area (Å²) in [6, 6.07) is 14.8. The molecule has 3 N–H and O–H groups in total. The number of hydrogen-bond acceptors (Lipinski definition) is 5. The number of anilines is 2. The second-order valence-electron chi connectivity index (χ2n) is 6.27. The monoisotopic (exact) mass is 391 g/mol. The quantitative estimate of drug-likeness (QED) is 0.654. The van der Waals surface area contributed by atoms with Crippen LogP contribution in [0.1, 0.15) is 17.3 Å². The number of carbonyl (C=O) groups is 3. The summed E-state index contributed by atoms with van der Waals surface area (Å²) in [5.41, 5.74) is 3.99. The number of aliphatic imine (C=N–C) groups is 1. The zero-order valence-corrected chi connectivity index (χ0v) is 15.9. The normalized spacial score (nSPS) is 15.8. The first kappa shape index (κ1) is 19.8. The summed E-state index contributed by atoms with van der Waals surface area (Å²) < 4.78 is 0. The molecular formula is C21H21N5O3. The number of nitrogens with zero attached hydrogens (tertiary/aromatic N) is 2. The first-order valence-electron chi connectivity index (χ1n) is 9.04. The van der Waals surface area contributed by atoms with Crippen LogP contribution < -0.4 is 21.1 Å². The fourth-order valence-electron chi connectivity index (χ4n) is 2.74. The maximum absolute atomic E-state index is 12.8. The van der Waals surface area contributed by atoms with E-state index in [0.717, 1.165) is 0 Å². The highest BCUT2D eigenvalue weighted by Crippen LogP contribution is 2.18. The summed E-state index contributed by atoms with van der Waals surface area (Å²) in [5.74, 6) is -1.21. The van der Waals surface area contributed by atoms with Crippen LogP contribution in [-0.2, 0) is 9.59 Å². The molecule has 148 valence electrons. The molecular weight excluding hydrogens is 370 g/mol. The smallest absolute Gasteiger partial charge is 0.292 e. The van der Waals surface area contributed by atoms with Gasteiger partial charge in [0.1, 0.15) is 6.04 Å². The van der Waals surface area contributed by atoms with Crippen LogP contribution in [0.4, 0.5) is 11.4 Å². The van der Waals surface area contributed by atoms with Crippen molar-refractivity contribution in [2.45, 2.75) is 13.0 Å². The minimum atomic E-state index is -0.733. The molecule has 0 saturated heterocycles. The van der Waals surface area contributed by atoms with E-state index in [9.17, 15) is 14.4 Å². The van der Waals surface area contributed by atoms with Crippen LogP contribution in [0.2, 0.25) is 0 Å². The molecule has 0 aliphatic carbocycles. The average molecular weight is 391 g/mol. The van der Waals surface area contributed by atoms with Gasteiger partial charge in [-0.05, 0) is 31.2 Å².